The third kappa shape index (κ3) is 4.04. The summed E-state index contributed by atoms with van der Waals surface area (Å²) in [5, 5.41) is 4.44. The normalized spacial score (nSPS) is 20.5. The maximum atomic E-state index is 3.60. The Morgan fingerprint density at radius 1 is 1.24 bits per heavy atom. The molecule has 0 bridgehead atoms. The molecule has 0 spiro atoms. The molecule has 0 saturated carbocycles. The summed E-state index contributed by atoms with van der Waals surface area (Å²) in [6.45, 7) is 6.54. The van der Waals surface area contributed by atoms with E-state index in [9.17, 15) is 0 Å². The van der Waals surface area contributed by atoms with Crippen molar-refractivity contribution in [1.29, 1.82) is 0 Å². The van der Waals surface area contributed by atoms with E-state index in [4.69, 9.17) is 0 Å². The fourth-order valence-corrected chi connectivity index (χ4v) is 3.53. The topological polar surface area (TPSA) is 12.0 Å². The minimum Gasteiger partial charge on any atom is -0.312 e. The van der Waals surface area contributed by atoms with Gasteiger partial charge in [-0.3, -0.25) is 0 Å². The van der Waals surface area contributed by atoms with Crippen LogP contribution < -0.4 is 5.32 Å². The molecule has 1 aliphatic heterocycles. The van der Waals surface area contributed by atoms with Gasteiger partial charge in [0, 0.05) is 18.3 Å². The highest BCUT2D eigenvalue weighted by Gasteiger charge is 2.12. The molecule has 2 rings (SSSR count). The van der Waals surface area contributed by atoms with E-state index in [0.717, 1.165) is 18.3 Å². The van der Waals surface area contributed by atoms with Crippen LogP contribution in [-0.4, -0.2) is 17.5 Å². The summed E-state index contributed by atoms with van der Waals surface area (Å²) in [6, 6.07) is 6.77. The summed E-state index contributed by atoms with van der Waals surface area (Å²) in [5.74, 6) is 1.36. The fraction of sp³-hybridized carbons (Fsp3) is 0.600. The molecule has 17 heavy (non-hydrogen) atoms. The van der Waals surface area contributed by atoms with Crippen LogP contribution in [0.3, 0.4) is 0 Å². The SMILES string of the molecule is Cc1ccc(CNCC2CCCCS2)cc1C. The molecule has 1 aromatic carbocycles. The molecule has 94 valence electrons. The van der Waals surface area contributed by atoms with Crippen LogP contribution in [-0.2, 0) is 6.54 Å². The Morgan fingerprint density at radius 2 is 2.12 bits per heavy atom. The maximum absolute atomic E-state index is 3.60. The quantitative estimate of drug-likeness (QED) is 0.873. The van der Waals surface area contributed by atoms with E-state index in [1.807, 2.05) is 0 Å². The summed E-state index contributed by atoms with van der Waals surface area (Å²) < 4.78 is 0. The first-order valence-electron chi connectivity index (χ1n) is 6.64. The molecule has 1 nitrogen and oxygen atoms in total. The zero-order valence-corrected chi connectivity index (χ0v) is 11.8. The van der Waals surface area contributed by atoms with Gasteiger partial charge in [0.15, 0.2) is 0 Å². The van der Waals surface area contributed by atoms with Gasteiger partial charge >= 0.3 is 0 Å². The van der Waals surface area contributed by atoms with Gasteiger partial charge in [-0.05, 0) is 49.1 Å². The van der Waals surface area contributed by atoms with Crippen LogP contribution >= 0.6 is 11.8 Å². The summed E-state index contributed by atoms with van der Waals surface area (Å²) in [4.78, 5) is 0. The van der Waals surface area contributed by atoms with Crippen molar-refractivity contribution in [3.63, 3.8) is 0 Å². The fourth-order valence-electron chi connectivity index (χ4n) is 2.26. The highest BCUT2D eigenvalue weighted by molar-refractivity contribution is 7.99. The predicted octanol–water partition coefficient (Wildman–Crippen LogP) is 3.68. The second-order valence-corrected chi connectivity index (χ2v) is 6.45. The number of hydrogen-bond acceptors (Lipinski definition) is 2. The summed E-state index contributed by atoms with van der Waals surface area (Å²) in [7, 11) is 0. The molecule has 1 fully saturated rings. The van der Waals surface area contributed by atoms with E-state index in [1.165, 1.54) is 41.7 Å². The van der Waals surface area contributed by atoms with E-state index >= 15 is 0 Å². The Kier molecular flexibility index (Phi) is 4.93. The lowest BCUT2D eigenvalue weighted by Gasteiger charge is -2.21. The predicted molar refractivity (Wildman–Crippen MR) is 77.7 cm³/mol. The molecule has 1 saturated heterocycles. The third-order valence-corrected chi connectivity index (χ3v) is 4.94. The summed E-state index contributed by atoms with van der Waals surface area (Å²) in [6.07, 6.45) is 4.23. The van der Waals surface area contributed by atoms with Crippen LogP contribution in [0, 0.1) is 13.8 Å². The Hall–Kier alpha value is -0.470. The minimum atomic E-state index is 0.843. The highest BCUT2D eigenvalue weighted by atomic mass is 32.2. The van der Waals surface area contributed by atoms with Crippen molar-refractivity contribution < 1.29 is 0 Å². The smallest absolute Gasteiger partial charge is 0.0206 e. The van der Waals surface area contributed by atoms with Crippen molar-refractivity contribution in [2.75, 3.05) is 12.3 Å². The second-order valence-electron chi connectivity index (χ2n) is 5.04. The van der Waals surface area contributed by atoms with Crippen molar-refractivity contribution in [1.82, 2.24) is 5.32 Å². The standard InChI is InChI=1S/C15H23NS/c1-12-6-7-14(9-13(12)2)10-16-11-15-5-3-4-8-17-15/h6-7,9,15-16H,3-5,8,10-11H2,1-2H3. The molecule has 1 atom stereocenters. The lowest BCUT2D eigenvalue weighted by molar-refractivity contribution is 0.597. The largest absolute Gasteiger partial charge is 0.312 e. The average molecular weight is 249 g/mol. The van der Waals surface area contributed by atoms with Crippen LogP contribution in [0.25, 0.3) is 0 Å². The van der Waals surface area contributed by atoms with Crippen LogP contribution in [0.1, 0.15) is 36.0 Å². The van der Waals surface area contributed by atoms with Gasteiger partial charge in [0.1, 0.15) is 0 Å². The number of aryl methyl sites for hydroxylation is 2. The van der Waals surface area contributed by atoms with Gasteiger partial charge in [-0.2, -0.15) is 11.8 Å². The summed E-state index contributed by atoms with van der Waals surface area (Å²) in [5.41, 5.74) is 4.20. The molecule has 0 radical (unpaired) electrons. The zero-order chi connectivity index (χ0) is 12.1. The molecule has 1 unspecified atom stereocenters. The van der Waals surface area contributed by atoms with Crippen LogP contribution in [0.2, 0.25) is 0 Å². The molecular formula is C15H23NS. The zero-order valence-electron chi connectivity index (χ0n) is 11.0. The van der Waals surface area contributed by atoms with Gasteiger partial charge in [0.05, 0.1) is 0 Å². The van der Waals surface area contributed by atoms with Crippen LogP contribution in [0.4, 0.5) is 0 Å². The Balaban J connectivity index is 1.75. The molecule has 0 aromatic heterocycles. The molecule has 1 N–H and O–H groups in total. The van der Waals surface area contributed by atoms with Crippen molar-refractivity contribution in [2.24, 2.45) is 0 Å². The first kappa shape index (κ1) is 13.0. The monoisotopic (exact) mass is 249 g/mol. The first-order chi connectivity index (χ1) is 8.25. The maximum Gasteiger partial charge on any atom is 0.0206 e. The minimum absolute atomic E-state index is 0.843. The number of thioether (sulfide) groups is 1. The van der Waals surface area contributed by atoms with E-state index < -0.39 is 0 Å². The molecule has 0 aliphatic carbocycles. The van der Waals surface area contributed by atoms with Gasteiger partial charge < -0.3 is 5.32 Å². The molecule has 0 amide bonds. The van der Waals surface area contributed by atoms with E-state index in [0.29, 0.717) is 0 Å². The lowest BCUT2D eigenvalue weighted by atomic mass is 10.1. The van der Waals surface area contributed by atoms with Gasteiger partial charge in [-0.1, -0.05) is 24.6 Å². The highest BCUT2D eigenvalue weighted by Crippen LogP contribution is 2.24. The number of benzene rings is 1. The summed E-state index contributed by atoms with van der Waals surface area (Å²) >= 11 is 2.14. The number of hydrogen-bond donors (Lipinski definition) is 1. The second kappa shape index (κ2) is 6.46. The Bertz CT molecular complexity index is 356. The van der Waals surface area contributed by atoms with Crippen molar-refractivity contribution in [3.05, 3.63) is 34.9 Å². The molecular weight excluding hydrogens is 226 g/mol. The molecule has 1 aliphatic rings. The van der Waals surface area contributed by atoms with Crippen molar-refractivity contribution in [2.45, 2.75) is 44.9 Å². The molecule has 1 aromatic rings. The Morgan fingerprint density at radius 3 is 2.82 bits per heavy atom. The van der Waals surface area contributed by atoms with Gasteiger partial charge in [-0.15, -0.1) is 0 Å². The van der Waals surface area contributed by atoms with Gasteiger partial charge in [0.2, 0.25) is 0 Å². The lowest BCUT2D eigenvalue weighted by Crippen LogP contribution is -2.26. The van der Waals surface area contributed by atoms with Crippen LogP contribution in [0.5, 0.6) is 0 Å². The van der Waals surface area contributed by atoms with Crippen LogP contribution in [0.15, 0.2) is 18.2 Å². The van der Waals surface area contributed by atoms with Crippen molar-refractivity contribution in [3.8, 4) is 0 Å². The van der Waals surface area contributed by atoms with E-state index in [1.54, 1.807) is 0 Å². The number of rotatable bonds is 4. The Labute approximate surface area is 109 Å². The average Bonchev–Trinajstić information content (AvgIpc) is 2.35. The van der Waals surface area contributed by atoms with E-state index in [-0.39, 0.29) is 0 Å². The van der Waals surface area contributed by atoms with Crippen molar-refractivity contribution >= 4 is 11.8 Å². The number of nitrogens with one attached hydrogen (secondary N) is 1. The van der Waals surface area contributed by atoms with Gasteiger partial charge in [0.25, 0.3) is 0 Å². The molecule has 1 heterocycles. The van der Waals surface area contributed by atoms with E-state index in [2.05, 4.69) is 49.1 Å². The molecule has 2 heteroatoms. The third-order valence-electron chi connectivity index (χ3n) is 3.55. The first-order valence-corrected chi connectivity index (χ1v) is 7.69. The van der Waals surface area contributed by atoms with Gasteiger partial charge in [-0.25, -0.2) is 0 Å².